The first-order valence-electron chi connectivity index (χ1n) is 4.58. The summed E-state index contributed by atoms with van der Waals surface area (Å²) in [4.78, 5) is 12.5. The fourth-order valence-corrected chi connectivity index (χ4v) is 2.56. The molecule has 0 bridgehead atoms. The van der Waals surface area contributed by atoms with Gasteiger partial charge in [-0.15, -0.1) is 11.8 Å². The molecule has 0 fully saturated rings. The number of allylic oxidation sites excluding steroid dienone is 1. The molecule has 1 aliphatic rings. The van der Waals surface area contributed by atoms with Gasteiger partial charge in [-0.25, -0.2) is 0 Å². The molecular weight excluding hydrogens is 198 g/mol. The van der Waals surface area contributed by atoms with Crippen molar-refractivity contribution >= 4 is 17.7 Å². The third-order valence-electron chi connectivity index (χ3n) is 2.12. The molecule has 0 aromatic rings. The fourth-order valence-electron chi connectivity index (χ4n) is 1.27. The highest BCUT2D eigenvalue weighted by molar-refractivity contribution is 8.04. The van der Waals surface area contributed by atoms with Crippen molar-refractivity contribution in [1.29, 1.82) is 0 Å². The Bertz CT molecular complexity index is 268. The fraction of sp³-hybridized carbons (Fsp3) is 0.700. The molecule has 0 saturated carbocycles. The third-order valence-corrected chi connectivity index (χ3v) is 3.88. The highest BCUT2D eigenvalue weighted by Gasteiger charge is 2.36. The standard InChI is InChI=1S/C10H17NO2S/c1-10(2,3)7-5-6(11)8(14-7)9(12)13-4/h5-6,8H,11H2,1-4H3. The van der Waals surface area contributed by atoms with Crippen LogP contribution in [-0.4, -0.2) is 24.4 Å². The van der Waals surface area contributed by atoms with E-state index in [2.05, 4.69) is 20.8 Å². The van der Waals surface area contributed by atoms with Crippen LogP contribution in [0.5, 0.6) is 0 Å². The molecule has 80 valence electrons. The smallest absolute Gasteiger partial charge is 0.321 e. The number of thioether (sulfide) groups is 1. The molecule has 0 amide bonds. The van der Waals surface area contributed by atoms with Crippen LogP contribution >= 0.6 is 11.8 Å². The van der Waals surface area contributed by atoms with Gasteiger partial charge in [0.2, 0.25) is 0 Å². The Morgan fingerprint density at radius 1 is 1.57 bits per heavy atom. The first-order valence-corrected chi connectivity index (χ1v) is 5.46. The molecule has 14 heavy (non-hydrogen) atoms. The number of carbonyl (C=O) groups excluding carboxylic acids is 1. The predicted molar refractivity (Wildman–Crippen MR) is 58.9 cm³/mol. The molecule has 0 spiro atoms. The molecule has 0 aromatic carbocycles. The highest BCUT2D eigenvalue weighted by Crippen LogP contribution is 2.42. The topological polar surface area (TPSA) is 52.3 Å². The van der Waals surface area contributed by atoms with Crippen molar-refractivity contribution in [3.05, 3.63) is 11.0 Å². The van der Waals surface area contributed by atoms with Gasteiger partial charge in [0, 0.05) is 6.04 Å². The van der Waals surface area contributed by atoms with E-state index in [-0.39, 0.29) is 22.7 Å². The first kappa shape index (κ1) is 11.6. The molecule has 1 rings (SSSR count). The van der Waals surface area contributed by atoms with Gasteiger partial charge in [0.25, 0.3) is 0 Å². The molecule has 0 radical (unpaired) electrons. The van der Waals surface area contributed by atoms with Crippen LogP contribution in [0.1, 0.15) is 20.8 Å². The van der Waals surface area contributed by atoms with E-state index in [4.69, 9.17) is 10.5 Å². The lowest BCUT2D eigenvalue weighted by atomic mass is 9.95. The van der Waals surface area contributed by atoms with Gasteiger partial charge in [-0.3, -0.25) is 4.79 Å². The number of methoxy groups -OCH3 is 1. The minimum Gasteiger partial charge on any atom is -0.468 e. The second kappa shape index (κ2) is 3.95. The minimum atomic E-state index is -0.269. The van der Waals surface area contributed by atoms with E-state index < -0.39 is 0 Å². The van der Waals surface area contributed by atoms with E-state index >= 15 is 0 Å². The van der Waals surface area contributed by atoms with Crippen LogP contribution in [-0.2, 0) is 9.53 Å². The van der Waals surface area contributed by atoms with Gasteiger partial charge >= 0.3 is 5.97 Å². The quantitative estimate of drug-likeness (QED) is 0.674. The van der Waals surface area contributed by atoms with Crippen LogP contribution < -0.4 is 5.73 Å². The number of carbonyl (C=O) groups is 1. The summed E-state index contributed by atoms with van der Waals surface area (Å²) in [7, 11) is 1.39. The van der Waals surface area contributed by atoms with Crippen LogP contribution in [0.4, 0.5) is 0 Å². The minimum absolute atomic E-state index is 0.0606. The summed E-state index contributed by atoms with van der Waals surface area (Å²) in [6.45, 7) is 6.33. The van der Waals surface area contributed by atoms with Gasteiger partial charge in [-0.1, -0.05) is 26.8 Å². The van der Waals surface area contributed by atoms with Gasteiger partial charge < -0.3 is 10.5 Å². The summed E-state index contributed by atoms with van der Waals surface area (Å²) in [5.74, 6) is -0.238. The van der Waals surface area contributed by atoms with Crippen molar-refractivity contribution in [2.45, 2.75) is 32.1 Å². The maximum atomic E-state index is 11.3. The number of ether oxygens (including phenoxy) is 1. The highest BCUT2D eigenvalue weighted by atomic mass is 32.2. The lowest BCUT2D eigenvalue weighted by Gasteiger charge is -2.20. The van der Waals surface area contributed by atoms with Crippen molar-refractivity contribution in [3.8, 4) is 0 Å². The molecule has 0 aromatic heterocycles. The average molecular weight is 215 g/mol. The second-order valence-electron chi connectivity index (χ2n) is 4.42. The summed E-state index contributed by atoms with van der Waals surface area (Å²) in [5, 5.41) is -0.269. The van der Waals surface area contributed by atoms with Gasteiger partial charge in [0.15, 0.2) is 0 Å². The molecule has 2 unspecified atom stereocenters. The van der Waals surface area contributed by atoms with Crippen molar-refractivity contribution in [3.63, 3.8) is 0 Å². The van der Waals surface area contributed by atoms with Crippen molar-refractivity contribution in [1.82, 2.24) is 0 Å². The zero-order valence-corrected chi connectivity index (χ0v) is 9.85. The molecule has 3 nitrogen and oxygen atoms in total. The van der Waals surface area contributed by atoms with Crippen LogP contribution in [0.3, 0.4) is 0 Å². The van der Waals surface area contributed by atoms with E-state index in [1.165, 1.54) is 23.8 Å². The first-order chi connectivity index (χ1) is 6.36. The van der Waals surface area contributed by atoms with Gasteiger partial charge in [-0.05, 0) is 10.3 Å². The molecular formula is C10H17NO2S. The number of hydrogen-bond acceptors (Lipinski definition) is 4. The number of esters is 1. The number of rotatable bonds is 1. The zero-order valence-electron chi connectivity index (χ0n) is 9.03. The monoisotopic (exact) mass is 215 g/mol. The Kier molecular flexibility index (Phi) is 3.27. The van der Waals surface area contributed by atoms with Crippen LogP contribution in [0.25, 0.3) is 0 Å². The molecule has 0 aliphatic carbocycles. The second-order valence-corrected chi connectivity index (χ2v) is 5.60. The Morgan fingerprint density at radius 2 is 2.14 bits per heavy atom. The summed E-state index contributed by atoms with van der Waals surface area (Å²) in [6.07, 6.45) is 1.96. The Labute approximate surface area is 89.1 Å². The zero-order chi connectivity index (χ0) is 10.9. The van der Waals surface area contributed by atoms with Crippen molar-refractivity contribution in [2.75, 3.05) is 7.11 Å². The van der Waals surface area contributed by atoms with Crippen molar-refractivity contribution in [2.24, 2.45) is 11.1 Å². The molecule has 0 saturated heterocycles. The molecule has 4 heteroatoms. The summed E-state index contributed by atoms with van der Waals surface area (Å²) < 4.78 is 4.69. The average Bonchev–Trinajstić information content (AvgIpc) is 2.45. The number of hydrogen-bond donors (Lipinski definition) is 1. The van der Waals surface area contributed by atoms with Crippen LogP contribution in [0.15, 0.2) is 11.0 Å². The Balaban J connectivity index is 2.74. The normalized spacial score (nSPS) is 27.4. The Hall–Kier alpha value is -0.480. The molecule has 2 atom stereocenters. The van der Waals surface area contributed by atoms with Crippen LogP contribution in [0.2, 0.25) is 0 Å². The van der Waals surface area contributed by atoms with Crippen molar-refractivity contribution < 1.29 is 9.53 Å². The van der Waals surface area contributed by atoms with Gasteiger partial charge in [0.05, 0.1) is 7.11 Å². The largest absolute Gasteiger partial charge is 0.468 e. The van der Waals surface area contributed by atoms with Gasteiger partial charge in [-0.2, -0.15) is 0 Å². The summed E-state index contributed by atoms with van der Waals surface area (Å²) in [6, 6.07) is -0.221. The number of nitrogens with two attached hydrogens (primary N) is 1. The molecule has 2 N–H and O–H groups in total. The SMILES string of the molecule is COC(=O)C1SC(C(C)(C)C)=CC1N. The third kappa shape index (κ3) is 2.30. The molecule has 1 aliphatic heterocycles. The maximum absolute atomic E-state index is 11.3. The lowest BCUT2D eigenvalue weighted by molar-refractivity contribution is -0.140. The Morgan fingerprint density at radius 3 is 2.50 bits per heavy atom. The predicted octanol–water partition coefficient (Wildman–Crippen LogP) is 1.53. The van der Waals surface area contributed by atoms with E-state index in [0.717, 1.165) is 0 Å². The van der Waals surface area contributed by atoms with Crippen LogP contribution in [0, 0.1) is 5.41 Å². The van der Waals surface area contributed by atoms with E-state index in [0.29, 0.717) is 0 Å². The molecule has 1 heterocycles. The van der Waals surface area contributed by atoms with E-state index in [9.17, 15) is 4.79 Å². The summed E-state index contributed by atoms with van der Waals surface area (Å²) in [5.41, 5.74) is 5.91. The lowest BCUT2D eigenvalue weighted by Crippen LogP contribution is -2.34. The van der Waals surface area contributed by atoms with Gasteiger partial charge in [0.1, 0.15) is 5.25 Å². The maximum Gasteiger partial charge on any atom is 0.321 e. The van der Waals surface area contributed by atoms with E-state index in [1.807, 2.05) is 6.08 Å². The summed E-state index contributed by atoms with van der Waals surface area (Å²) >= 11 is 1.52. The van der Waals surface area contributed by atoms with E-state index in [1.54, 1.807) is 0 Å².